The van der Waals surface area contributed by atoms with E-state index in [0.29, 0.717) is 11.9 Å². The molecule has 0 spiro atoms. The summed E-state index contributed by atoms with van der Waals surface area (Å²) in [6.07, 6.45) is -4.42. The molecule has 0 aromatic heterocycles. The average molecular weight is 302 g/mol. The smallest absolute Gasteiger partial charge is 0.416 e. The number of carbonyl (C=O) groups excluding carboxylic acids is 1. The Balaban J connectivity index is 2.71. The zero-order chi connectivity index (χ0) is 15.3. The summed E-state index contributed by atoms with van der Waals surface area (Å²) in [6.45, 7) is 1.19. The molecule has 0 saturated heterocycles. The van der Waals surface area contributed by atoms with Crippen LogP contribution in [0.25, 0.3) is 0 Å². The molecule has 4 nitrogen and oxygen atoms in total. The first-order valence-electron chi connectivity index (χ1n) is 5.20. The van der Waals surface area contributed by atoms with Gasteiger partial charge in [0.2, 0.25) is 0 Å². The topological polar surface area (TPSA) is 73.1 Å². The molecule has 8 heteroatoms. The number of aliphatic hydroxyl groups excluding tert-OH is 1. The zero-order valence-corrected chi connectivity index (χ0v) is 11.0. The second kappa shape index (κ2) is 6.34. The quantitative estimate of drug-likeness (QED) is 0.386. The predicted molar refractivity (Wildman–Crippen MR) is 68.6 cm³/mol. The van der Waals surface area contributed by atoms with Gasteiger partial charge in [0.25, 0.3) is 5.12 Å². The molecular formula is C12H9F3N2O2S. The first-order chi connectivity index (χ1) is 9.25. The number of allylic oxidation sites excluding steroid dienone is 1. The minimum absolute atomic E-state index is 0.268. The van der Waals surface area contributed by atoms with E-state index in [-0.39, 0.29) is 5.69 Å². The largest absolute Gasteiger partial charge is 0.511 e. The van der Waals surface area contributed by atoms with Gasteiger partial charge in [0, 0.05) is 17.6 Å². The lowest BCUT2D eigenvalue weighted by Crippen LogP contribution is -2.05. The number of nitrogens with one attached hydrogen (secondary N) is 1. The Labute approximate surface area is 117 Å². The highest BCUT2D eigenvalue weighted by atomic mass is 32.2. The van der Waals surface area contributed by atoms with Crippen molar-refractivity contribution in [1.82, 2.24) is 0 Å². The summed E-state index contributed by atoms with van der Waals surface area (Å²) in [6, 6.07) is 5.59. The van der Waals surface area contributed by atoms with Crippen molar-refractivity contribution in [2.75, 3.05) is 4.72 Å². The van der Waals surface area contributed by atoms with Crippen molar-refractivity contribution in [3.8, 4) is 6.07 Å². The van der Waals surface area contributed by atoms with E-state index in [0.717, 1.165) is 24.3 Å². The number of halogens is 3. The fourth-order valence-corrected chi connectivity index (χ4v) is 1.80. The van der Waals surface area contributed by atoms with Crippen LogP contribution in [0.4, 0.5) is 18.9 Å². The minimum atomic E-state index is -4.42. The highest BCUT2D eigenvalue weighted by molar-refractivity contribution is 8.15. The van der Waals surface area contributed by atoms with Crippen molar-refractivity contribution in [2.24, 2.45) is 0 Å². The molecule has 0 aliphatic carbocycles. The van der Waals surface area contributed by atoms with Gasteiger partial charge in [0.1, 0.15) is 17.4 Å². The fourth-order valence-electron chi connectivity index (χ4n) is 1.16. The molecule has 20 heavy (non-hydrogen) atoms. The number of anilines is 1. The van der Waals surface area contributed by atoms with Gasteiger partial charge in [-0.25, -0.2) is 0 Å². The third-order valence-corrected chi connectivity index (χ3v) is 2.88. The molecule has 0 unspecified atom stereocenters. The third-order valence-electron chi connectivity index (χ3n) is 2.15. The number of aliphatic hydroxyl groups is 1. The molecule has 1 aromatic carbocycles. The lowest BCUT2D eigenvalue weighted by molar-refractivity contribution is -0.137. The summed E-state index contributed by atoms with van der Waals surface area (Å²) in [4.78, 5) is 11.5. The van der Waals surface area contributed by atoms with Crippen LogP contribution in [0.3, 0.4) is 0 Å². The second-order valence-corrected chi connectivity index (χ2v) is 4.42. The number of hydrogen-bond acceptors (Lipinski definition) is 5. The summed E-state index contributed by atoms with van der Waals surface area (Å²) in [7, 11) is 0. The van der Waals surface area contributed by atoms with Crippen molar-refractivity contribution in [2.45, 2.75) is 13.1 Å². The summed E-state index contributed by atoms with van der Waals surface area (Å²) >= 11 is 0.493. The number of hydrogen-bond donors (Lipinski definition) is 2. The maximum absolute atomic E-state index is 12.3. The predicted octanol–water partition coefficient (Wildman–Crippen LogP) is 3.65. The van der Waals surface area contributed by atoms with Gasteiger partial charge in [-0.05, 0) is 31.2 Å². The van der Waals surface area contributed by atoms with Crippen molar-refractivity contribution in [1.29, 1.82) is 5.26 Å². The van der Waals surface area contributed by atoms with Gasteiger partial charge in [-0.2, -0.15) is 18.4 Å². The molecule has 0 aliphatic rings. The third kappa shape index (κ3) is 4.20. The van der Waals surface area contributed by atoms with E-state index >= 15 is 0 Å². The Morgan fingerprint density at radius 2 is 1.90 bits per heavy atom. The second-order valence-electron chi connectivity index (χ2n) is 3.64. The van der Waals surface area contributed by atoms with Crippen molar-refractivity contribution >= 4 is 22.8 Å². The summed E-state index contributed by atoms with van der Waals surface area (Å²) in [5.41, 5.74) is -0.957. The number of nitrogens with zero attached hydrogens (tertiary/aromatic N) is 1. The zero-order valence-electron chi connectivity index (χ0n) is 10.2. The Hall–Kier alpha value is -2.14. The molecule has 1 rings (SSSR count). The molecule has 0 aliphatic heterocycles. The van der Waals surface area contributed by atoms with E-state index < -0.39 is 28.2 Å². The SMILES string of the molecule is C/C(O)=C(\C#N)C(=O)SNc1ccc(C(F)(F)F)cc1. The van der Waals surface area contributed by atoms with E-state index in [9.17, 15) is 18.0 Å². The van der Waals surface area contributed by atoms with Crippen molar-refractivity contribution in [3.05, 3.63) is 41.2 Å². The van der Waals surface area contributed by atoms with Crippen molar-refractivity contribution in [3.63, 3.8) is 0 Å². The molecule has 0 saturated carbocycles. The van der Waals surface area contributed by atoms with Crippen LogP contribution in [-0.4, -0.2) is 10.2 Å². The van der Waals surface area contributed by atoms with E-state index in [1.54, 1.807) is 0 Å². The Morgan fingerprint density at radius 1 is 1.35 bits per heavy atom. The fraction of sp³-hybridized carbons (Fsp3) is 0.167. The van der Waals surface area contributed by atoms with Crippen molar-refractivity contribution < 1.29 is 23.1 Å². The molecule has 0 atom stereocenters. The Kier molecular flexibility index (Phi) is 5.05. The van der Waals surface area contributed by atoms with Crippen LogP contribution >= 0.6 is 11.9 Å². The minimum Gasteiger partial charge on any atom is -0.511 e. The normalized spacial score (nSPS) is 12.3. The average Bonchev–Trinajstić information content (AvgIpc) is 2.36. The Bertz CT molecular complexity index is 570. The number of alkyl halides is 3. The first-order valence-corrected chi connectivity index (χ1v) is 6.01. The number of benzene rings is 1. The van der Waals surface area contributed by atoms with Gasteiger partial charge in [0.05, 0.1) is 5.56 Å². The maximum atomic E-state index is 12.3. The monoisotopic (exact) mass is 302 g/mol. The van der Waals surface area contributed by atoms with Gasteiger partial charge >= 0.3 is 6.18 Å². The molecule has 0 heterocycles. The summed E-state index contributed by atoms with van der Waals surface area (Å²) < 4.78 is 39.5. The molecule has 0 bridgehead atoms. The van der Waals surface area contributed by atoms with Gasteiger partial charge in [-0.1, -0.05) is 0 Å². The molecule has 2 N–H and O–H groups in total. The molecular weight excluding hydrogens is 293 g/mol. The van der Waals surface area contributed by atoms with E-state index in [1.807, 2.05) is 0 Å². The summed E-state index contributed by atoms with van der Waals surface area (Å²) in [5, 5.41) is 17.0. The van der Waals surface area contributed by atoms with Crippen LogP contribution in [0.15, 0.2) is 35.6 Å². The molecule has 0 amide bonds. The molecule has 0 fully saturated rings. The maximum Gasteiger partial charge on any atom is 0.416 e. The van der Waals surface area contributed by atoms with E-state index in [4.69, 9.17) is 10.4 Å². The lowest BCUT2D eigenvalue weighted by Gasteiger charge is -2.08. The molecule has 0 radical (unpaired) electrons. The van der Waals surface area contributed by atoms with Gasteiger partial charge in [0.15, 0.2) is 0 Å². The number of rotatable bonds is 3. The molecule has 106 valence electrons. The van der Waals surface area contributed by atoms with E-state index in [2.05, 4.69) is 4.72 Å². The first kappa shape index (κ1) is 15.9. The number of carbonyl (C=O) groups is 1. The van der Waals surface area contributed by atoms with Crippen LogP contribution < -0.4 is 4.72 Å². The van der Waals surface area contributed by atoms with Crippen LogP contribution in [0, 0.1) is 11.3 Å². The van der Waals surface area contributed by atoms with Crippen LogP contribution in [0.1, 0.15) is 12.5 Å². The lowest BCUT2D eigenvalue weighted by atomic mass is 10.2. The van der Waals surface area contributed by atoms with Crippen LogP contribution in [0.2, 0.25) is 0 Å². The Morgan fingerprint density at radius 3 is 2.30 bits per heavy atom. The van der Waals surface area contributed by atoms with Gasteiger partial charge in [-0.15, -0.1) is 0 Å². The van der Waals surface area contributed by atoms with Crippen LogP contribution in [-0.2, 0) is 11.0 Å². The molecule has 1 aromatic rings. The van der Waals surface area contributed by atoms with Gasteiger partial charge in [-0.3, -0.25) is 4.79 Å². The summed E-state index contributed by atoms with van der Waals surface area (Å²) in [5.74, 6) is -0.417. The number of nitriles is 1. The van der Waals surface area contributed by atoms with Gasteiger partial charge < -0.3 is 9.83 Å². The highest BCUT2D eigenvalue weighted by Crippen LogP contribution is 2.30. The highest BCUT2D eigenvalue weighted by Gasteiger charge is 2.29. The standard InChI is InChI=1S/C12H9F3N2O2S/c1-7(18)10(6-16)11(19)20-17-9-4-2-8(3-5-9)12(13,14)15/h2-5,17-18H,1H3/b10-7-. The van der Waals surface area contributed by atoms with Crippen LogP contribution in [0.5, 0.6) is 0 Å². The van der Waals surface area contributed by atoms with E-state index in [1.165, 1.54) is 13.0 Å².